The average Bonchev–Trinajstić information content (AvgIpc) is 2.53. The van der Waals surface area contributed by atoms with Crippen LogP contribution in [0.15, 0.2) is 47.4 Å². The number of nitrogens with one attached hydrogen (secondary N) is 1. The summed E-state index contributed by atoms with van der Waals surface area (Å²) in [5.74, 6) is -1.96. The SMILES string of the molecule is N#Cc1ccccc1S(=O)(=O)NCC(O)c1c(F)cccc1F. The predicted molar refractivity (Wildman–Crippen MR) is 77.7 cm³/mol. The molecule has 0 aromatic heterocycles. The molecule has 23 heavy (non-hydrogen) atoms. The third-order valence-corrected chi connectivity index (χ3v) is 4.58. The van der Waals surface area contributed by atoms with Crippen molar-refractivity contribution in [2.45, 2.75) is 11.0 Å². The van der Waals surface area contributed by atoms with Gasteiger partial charge >= 0.3 is 0 Å². The molecule has 2 aromatic carbocycles. The van der Waals surface area contributed by atoms with Crippen molar-refractivity contribution >= 4 is 10.0 Å². The Morgan fingerprint density at radius 1 is 1.13 bits per heavy atom. The van der Waals surface area contributed by atoms with Crippen molar-refractivity contribution in [2.75, 3.05) is 6.54 Å². The van der Waals surface area contributed by atoms with Gasteiger partial charge in [-0.15, -0.1) is 0 Å². The van der Waals surface area contributed by atoms with Crippen molar-refractivity contribution in [2.24, 2.45) is 0 Å². The number of aliphatic hydroxyl groups is 1. The minimum atomic E-state index is -4.11. The third kappa shape index (κ3) is 3.71. The van der Waals surface area contributed by atoms with Crippen LogP contribution in [0.2, 0.25) is 0 Å². The van der Waals surface area contributed by atoms with E-state index in [2.05, 4.69) is 0 Å². The molecular formula is C15H12F2N2O3S. The van der Waals surface area contributed by atoms with E-state index in [1.165, 1.54) is 24.3 Å². The van der Waals surface area contributed by atoms with Crippen LogP contribution >= 0.6 is 0 Å². The Balaban J connectivity index is 2.21. The van der Waals surface area contributed by atoms with E-state index in [1.807, 2.05) is 4.72 Å². The van der Waals surface area contributed by atoms with E-state index in [1.54, 1.807) is 6.07 Å². The van der Waals surface area contributed by atoms with Crippen LogP contribution < -0.4 is 4.72 Å². The van der Waals surface area contributed by atoms with Gasteiger partial charge in [0.25, 0.3) is 0 Å². The molecule has 0 aliphatic rings. The first-order valence-electron chi connectivity index (χ1n) is 6.47. The minimum absolute atomic E-state index is 0.0773. The average molecular weight is 338 g/mol. The first-order chi connectivity index (χ1) is 10.9. The van der Waals surface area contributed by atoms with Crippen LogP contribution in [0.4, 0.5) is 8.78 Å². The minimum Gasteiger partial charge on any atom is -0.387 e. The molecule has 8 heteroatoms. The fraction of sp³-hybridized carbons (Fsp3) is 0.133. The molecule has 2 N–H and O–H groups in total. The van der Waals surface area contributed by atoms with E-state index in [9.17, 15) is 22.3 Å². The maximum Gasteiger partial charge on any atom is 0.241 e. The summed E-state index contributed by atoms with van der Waals surface area (Å²) in [5, 5.41) is 18.8. The molecule has 0 amide bonds. The highest BCUT2D eigenvalue weighted by atomic mass is 32.2. The number of benzene rings is 2. The van der Waals surface area contributed by atoms with Crippen LogP contribution in [0.25, 0.3) is 0 Å². The van der Waals surface area contributed by atoms with E-state index in [4.69, 9.17) is 5.26 Å². The normalized spacial score (nSPS) is 12.6. The topological polar surface area (TPSA) is 90.2 Å². The molecule has 0 heterocycles. The van der Waals surface area contributed by atoms with Gasteiger partial charge in [-0.05, 0) is 24.3 Å². The summed E-state index contributed by atoms with van der Waals surface area (Å²) in [6.45, 7) is -0.639. The van der Waals surface area contributed by atoms with E-state index >= 15 is 0 Å². The highest BCUT2D eigenvalue weighted by molar-refractivity contribution is 7.89. The second kappa shape index (κ2) is 6.83. The maximum atomic E-state index is 13.5. The molecule has 0 aliphatic heterocycles. The lowest BCUT2D eigenvalue weighted by atomic mass is 10.1. The van der Waals surface area contributed by atoms with Gasteiger partial charge in [-0.25, -0.2) is 21.9 Å². The fourth-order valence-electron chi connectivity index (χ4n) is 1.99. The van der Waals surface area contributed by atoms with E-state index < -0.39 is 39.9 Å². The Bertz CT molecular complexity index is 843. The molecule has 0 fully saturated rings. The molecule has 0 saturated heterocycles. The van der Waals surface area contributed by atoms with Crippen molar-refractivity contribution in [1.29, 1.82) is 5.26 Å². The zero-order chi connectivity index (χ0) is 17.0. The summed E-state index contributed by atoms with van der Waals surface area (Å²) in [6, 6.07) is 10.3. The number of sulfonamides is 1. The van der Waals surface area contributed by atoms with Gasteiger partial charge in [0.05, 0.1) is 22.1 Å². The summed E-state index contributed by atoms with van der Waals surface area (Å²) in [4.78, 5) is -0.274. The molecule has 0 bridgehead atoms. The molecule has 0 aliphatic carbocycles. The van der Waals surface area contributed by atoms with Gasteiger partial charge in [-0.3, -0.25) is 0 Å². The van der Waals surface area contributed by atoms with Crippen LogP contribution in [0.1, 0.15) is 17.2 Å². The van der Waals surface area contributed by atoms with Crippen LogP contribution in [0.5, 0.6) is 0 Å². The quantitative estimate of drug-likeness (QED) is 0.870. The second-order valence-electron chi connectivity index (χ2n) is 4.61. The van der Waals surface area contributed by atoms with Gasteiger partial charge in [-0.2, -0.15) is 5.26 Å². The number of nitriles is 1. The fourth-order valence-corrected chi connectivity index (χ4v) is 3.18. The van der Waals surface area contributed by atoms with Crippen molar-refractivity contribution < 1.29 is 22.3 Å². The van der Waals surface area contributed by atoms with Gasteiger partial charge in [-0.1, -0.05) is 18.2 Å². The van der Waals surface area contributed by atoms with Crippen molar-refractivity contribution in [3.05, 3.63) is 65.2 Å². The predicted octanol–water partition coefficient (Wildman–Crippen LogP) is 1.85. The van der Waals surface area contributed by atoms with Crippen molar-refractivity contribution in [3.63, 3.8) is 0 Å². The first-order valence-corrected chi connectivity index (χ1v) is 7.96. The molecular weight excluding hydrogens is 326 g/mol. The van der Waals surface area contributed by atoms with Crippen molar-refractivity contribution in [3.8, 4) is 6.07 Å². The monoisotopic (exact) mass is 338 g/mol. The smallest absolute Gasteiger partial charge is 0.241 e. The lowest BCUT2D eigenvalue weighted by Gasteiger charge is -2.14. The molecule has 2 aromatic rings. The maximum absolute atomic E-state index is 13.5. The highest BCUT2D eigenvalue weighted by Gasteiger charge is 2.22. The van der Waals surface area contributed by atoms with Crippen LogP contribution in [-0.4, -0.2) is 20.1 Å². The Hall–Kier alpha value is -2.34. The van der Waals surface area contributed by atoms with E-state index in [0.29, 0.717) is 0 Å². The van der Waals surface area contributed by atoms with Gasteiger partial charge in [0.2, 0.25) is 10.0 Å². The van der Waals surface area contributed by atoms with Crippen molar-refractivity contribution in [1.82, 2.24) is 4.72 Å². The molecule has 120 valence electrons. The molecule has 0 spiro atoms. The Morgan fingerprint density at radius 2 is 1.74 bits per heavy atom. The van der Waals surface area contributed by atoms with Crippen LogP contribution in [0, 0.1) is 23.0 Å². The number of nitrogens with zero attached hydrogens (tertiary/aromatic N) is 1. The number of aliphatic hydroxyl groups excluding tert-OH is 1. The lowest BCUT2D eigenvalue weighted by molar-refractivity contribution is 0.172. The molecule has 2 rings (SSSR count). The Kier molecular flexibility index (Phi) is 5.05. The number of rotatable bonds is 5. The molecule has 0 radical (unpaired) electrons. The van der Waals surface area contributed by atoms with Gasteiger partial charge in [0.15, 0.2) is 0 Å². The molecule has 5 nitrogen and oxygen atoms in total. The van der Waals surface area contributed by atoms with Gasteiger partial charge < -0.3 is 5.11 Å². The summed E-state index contributed by atoms with van der Waals surface area (Å²) in [7, 11) is -4.11. The Morgan fingerprint density at radius 3 is 2.35 bits per heavy atom. The zero-order valence-corrected chi connectivity index (χ0v) is 12.5. The zero-order valence-electron chi connectivity index (χ0n) is 11.7. The Labute approximate surface area is 131 Å². The second-order valence-corrected chi connectivity index (χ2v) is 6.35. The third-order valence-electron chi connectivity index (χ3n) is 3.10. The van der Waals surface area contributed by atoms with E-state index in [-0.39, 0.29) is 10.5 Å². The van der Waals surface area contributed by atoms with Crippen LogP contribution in [0.3, 0.4) is 0 Å². The highest BCUT2D eigenvalue weighted by Crippen LogP contribution is 2.21. The van der Waals surface area contributed by atoms with Crippen LogP contribution in [-0.2, 0) is 10.0 Å². The largest absolute Gasteiger partial charge is 0.387 e. The summed E-state index contributed by atoms with van der Waals surface area (Å²) in [5.41, 5.74) is -0.699. The number of hydrogen-bond donors (Lipinski definition) is 2. The summed E-state index contributed by atoms with van der Waals surface area (Å²) < 4.78 is 53.4. The van der Waals surface area contributed by atoms with E-state index in [0.717, 1.165) is 18.2 Å². The summed E-state index contributed by atoms with van der Waals surface area (Å²) in [6.07, 6.45) is -1.71. The lowest BCUT2D eigenvalue weighted by Crippen LogP contribution is -2.29. The van der Waals surface area contributed by atoms with Gasteiger partial charge in [0, 0.05) is 6.54 Å². The summed E-state index contributed by atoms with van der Waals surface area (Å²) >= 11 is 0. The number of hydrogen-bond acceptors (Lipinski definition) is 4. The van der Waals surface area contributed by atoms with Gasteiger partial charge in [0.1, 0.15) is 17.7 Å². The standard InChI is InChI=1S/C15H12F2N2O3S/c16-11-5-3-6-12(17)15(11)13(20)9-19-23(21,22)14-7-2-1-4-10(14)8-18/h1-7,13,19-20H,9H2. The first kappa shape index (κ1) is 17.0. The molecule has 0 saturated carbocycles. The molecule has 1 atom stereocenters. The molecule has 1 unspecified atom stereocenters. The number of halogens is 2.